The number of halogens is 1. The van der Waals surface area contributed by atoms with E-state index in [4.69, 9.17) is 5.73 Å². The molecule has 1 aliphatic heterocycles. The first-order valence-electron chi connectivity index (χ1n) is 4.90. The Morgan fingerprint density at radius 1 is 1.53 bits per heavy atom. The molecule has 4 heteroatoms. The molecule has 0 aromatic heterocycles. The average Bonchev–Trinajstić information content (AvgIpc) is 2.50. The van der Waals surface area contributed by atoms with Gasteiger partial charge in [-0.25, -0.2) is 0 Å². The highest BCUT2D eigenvalue weighted by molar-refractivity contribution is 14.1. The molecular weight excluding hydrogens is 303 g/mol. The lowest BCUT2D eigenvalue weighted by atomic mass is 10.2. The highest BCUT2D eigenvalue weighted by Gasteiger charge is 2.27. The van der Waals surface area contributed by atoms with E-state index >= 15 is 0 Å². The first-order valence-corrected chi connectivity index (χ1v) is 5.98. The van der Waals surface area contributed by atoms with Crippen molar-refractivity contribution in [2.75, 3.05) is 11.4 Å². The van der Waals surface area contributed by atoms with E-state index in [0.29, 0.717) is 13.0 Å². The maximum atomic E-state index is 11.6. The van der Waals surface area contributed by atoms with Crippen molar-refractivity contribution >= 4 is 34.2 Å². The largest absolute Gasteiger partial charge is 0.326 e. The zero-order valence-corrected chi connectivity index (χ0v) is 10.7. The van der Waals surface area contributed by atoms with Crippen molar-refractivity contribution in [2.24, 2.45) is 5.73 Å². The Morgan fingerprint density at radius 3 is 2.80 bits per heavy atom. The standard InChI is InChI=1S/C11H13IN2O/c1-7-4-9(2-3-10(7)12)14-6-8(13)5-11(14)15/h2-4,8H,5-6,13H2,1H3. The topological polar surface area (TPSA) is 46.3 Å². The molecule has 1 heterocycles. The number of nitrogens with zero attached hydrogens (tertiary/aromatic N) is 1. The van der Waals surface area contributed by atoms with Gasteiger partial charge in [-0.3, -0.25) is 4.79 Å². The summed E-state index contributed by atoms with van der Waals surface area (Å²) < 4.78 is 1.22. The van der Waals surface area contributed by atoms with Crippen LogP contribution in [0.3, 0.4) is 0 Å². The molecule has 1 aromatic carbocycles. The zero-order chi connectivity index (χ0) is 11.0. The molecule has 1 amide bonds. The van der Waals surface area contributed by atoms with Gasteiger partial charge in [-0.1, -0.05) is 0 Å². The Balaban J connectivity index is 2.30. The summed E-state index contributed by atoms with van der Waals surface area (Å²) in [6.07, 6.45) is 0.463. The average molecular weight is 316 g/mol. The molecule has 0 spiro atoms. The third-order valence-electron chi connectivity index (χ3n) is 2.61. The van der Waals surface area contributed by atoms with Crippen molar-refractivity contribution in [1.29, 1.82) is 0 Å². The van der Waals surface area contributed by atoms with Crippen LogP contribution in [0, 0.1) is 10.5 Å². The van der Waals surface area contributed by atoms with Gasteiger partial charge in [-0.05, 0) is 53.3 Å². The van der Waals surface area contributed by atoms with Crippen molar-refractivity contribution in [3.05, 3.63) is 27.3 Å². The fraction of sp³-hybridized carbons (Fsp3) is 0.364. The Labute approximate surface area is 103 Å². The summed E-state index contributed by atoms with van der Waals surface area (Å²) in [5.41, 5.74) is 7.92. The summed E-state index contributed by atoms with van der Waals surface area (Å²) in [7, 11) is 0. The van der Waals surface area contributed by atoms with Gasteiger partial charge >= 0.3 is 0 Å². The smallest absolute Gasteiger partial charge is 0.228 e. The molecule has 1 aromatic rings. The minimum absolute atomic E-state index is 0.0166. The van der Waals surface area contributed by atoms with Crippen LogP contribution in [0.15, 0.2) is 18.2 Å². The van der Waals surface area contributed by atoms with Gasteiger partial charge in [-0.2, -0.15) is 0 Å². The third kappa shape index (κ3) is 2.15. The van der Waals surface area contributed by atoms with E-state index in [1.54, 1.807) is 4.90 Å². The summed E-state index contributed by atoms with van der Waals surface area (Å²) in [5, 5.41) is 0. The van der Waals surface area contributed by atoms with Crippen molar-refractivity contribution in [1.82, 2.24) is 0 Å². The van der Waals surface area contributed by atoms with Crippen molar-refractivity contribution < 1.29 is 4.79 Å². The van der Waals surface area contributed by atoms with Crippen LogP contribution in [0.1, 0.15) is 12.0 Å². The van der Waals surface area contributed by atoms with Crippen LogP contribution >= 0.6 is 22.6 Å². The molecule has 1 fully saturated rings. The van der Waals surface area contributed by atoms with E-state index in [-0.39, 0.29) is 11.9 Å². The Kier molecular flexibility index (Phi) is 2.97. The Bertz CT molecular complexity index is 406. The summed E-state index contributed by atoms with van der Waals surface area (Å²) in [6.45, 7) is 2.69. The van der Waals surface area contributed by atoms with Crippen LogP contribution < -0.4 is 10.6 Å². The molecule has 15 heavy (non-hydrogen) atoms. The second kappa shape index (κ2) is 4.09. The van der Waals surface area contributed by atoms with Crippen LogP contribution in [0.2, 0.25) is 0 Å². The second-order valence-corrected chi connectivity index (χ2v) is 5.06. The second-order valence-electron chi connectivity index (χ2n) is 3.90. The first-order chi connectivity index (χ1) is 7.08. The molecule has 2 rings (SSSR count). The number of carbonyl (C=O) groups is 1. The number of hydrogen-bond donors (Lipinski definition) is 1. The number of anilines is 1. The van der Waals surface area contributed by atoms with Gasteiger partial charge in [0.05, 0.1) is 0 Å². The predicted molar refractivity (Wildman–Crippen MR) is 68.8 cm³/mol. The number of carbonyl (C=O) groups excluding carboxylic acids is 1. The van der Waals surface area contributed by atoms with E-state index < -0.39 is 0 Å². The van der Waals surface area contributed by atoms with E-state index in [0.717, 1.165) is 5.69 Å². The summed E-state index contributed by atoms with van der Waals surface area (Å²) in [6, 6.07) is 6.03. The number of nitrogens with two attached hydrogens (primary N) is 1. The van der Waals surface area contributed by atoms with Gasteiger partial charge in [0, 0.05) is 28.3 Å². The summed E-state index contributed by atoms with van der Waals surface area (Å²) in [4.78, 5) is 13.4. The normalized spacial score (nSPS) is 21.1. The van der Waals surface area contributed by atoms with Gasteiger partial charge in [-0.15, -0.1) is 0 Å². The minimum Gasteiger partial charge on any atom is -0.326 e. The molecule has 1 atom stereocenters. The number of aryl methyl sites for hydroxylation is 1. The first kappa shape index (κ1) is 10.9. The summed E-state index contributed by atoms with van der Waals surface area (Å²) in [5.74, 6) is 0.128. The summed E-state index contributed by atoms with van der Waals surface area (Å²) >= 11 is 2.29. The van der Waals surface area contributed by atoms with E-state index in [1.165, 1.54) is 9.13 Å². The lowest BCUT2D eigenvalue weighted by Gasteiger charge is -2.17. The van der Waals surface area contributed by atoms with Gasteiger partial charge in [0.25, 0.3) is 0 Å². The lowest BCUT2D eigenvalue weighted by Crippen LogP contribution is -2.27. The molecule has 1 unspecified atom stereocenters. The predicted octanol–water partition coefficient (Wildman–Crippen LogP) is 1.66. The fourth-order valence-corrected chi connectivity index (χ4v) is 2.12. The van der Waals surface area contributed by atoms with Crippen molar-refractivity contribution in [2.45, 2.75) is 19.4 Å². The van der Waals surface area contributed by atoms with E-state index in [2.05, 4.69) is 22.6 Å². The maximum absolute atomic E-state index is 11.6. The van der Waals surface area contributed by atoms with Crippen molar-refractivity contribution in [3.63, 3.8) is 0 Å². The number of rotatable bonds is 1. The lowest BCUT2D eigenvalue weighted by molar-refractivity contribution is -0.117. The van der Waals surface area contributed by atoms with E-state index in [1.807, 2.05) is 25.1 Å². The Hall–Kier alpha value is -0.620. The molecule has 0 saturated carbocycles. The van der Waals surface area contributed by atoms with Crippen LogP contribution in [0.4, 0.5) is 5.69 Å². The number of benzene rings is 1. The molecule has 2 N–H and O–H groups in total. The minimum atomic E-state index is -0.0166. The van der Waals surface area contributed by atoms with Crippen LogP contribution in [0.25, 0.3) is 0 Å². The molecule has 1 aliphatic rings. The van der Waals surface area contributed by atoms with Gasteiger partial charge in [0.2, 0.25) is 5.91 Å². The monoisotopic (exact) mass is 316 g/mol. The number of hydrogen-bond acceptors (Lipinski definition) is 2. The quantitative estimate of drug-likeness (QED) is 0.801. The Morgan fingerprint density at radius 2 is 2.27 bits per heavy atom. The molecule has 1 saturated heterocycles. The molecule has 0 radical (unpaired) electrons. The highest BCUT2D eigenvalue weighted by atomic mass is 127. The van der Waals surface area contributed by atoms with E-state index in [9.17, 15) is 4.79 Å². The number of amides is 1. The van der Waals surface area contributed by atoms with Crippen LogP contribution in [0.5, 0.6) is 0 Å². The third-order valence-corrected chi connectivity index (χ3v) is 3.82. The molecule has 3 nitrogen and oxygen atoms in total. The maximum Gasteiger partial charge on any atom is 0.228 e. The van der Waals surface area contributed by atoms with Gasteiger partial charge < -0.3 is 10.6 Å². The van der Waals surface area contributed by atoms with Gasteiger partial charge in [0.1, 0.15) is 0 Å². The SMILES string of the molecule is Cc1cc(N2CC(N)CC2=O)ccc1I. The molecule has 0 bridgehead atoms. The fourth-order valence-electron chi connectivity index (χ4n) is 1.78. The van der Waals surface area contributed by atoms with Crippen LogP contribution in [-0.2, 0) is 4.79 Å². The van der Waals surface area contributed by atoms with Gasteiger partial charge in [0.15, 0.2) is 0 Å². The molecular formula is C11H13IN2O. The van der Waals surface area contributed by atoms with Crippen molar-refractivity contribution in [3.8, 4) is 0 Å². The molecule has 0 aliphatic carbocycles. The van der Waals surface area contributed by atoms with Crippen LogP contribution in [-0.4, -0.2) is 18.5 Å². The highest BCUT2D eigenvalue weighted by Crippen LogP contribution is 2.24. The molecule has 80 valence electrons. The zero-order valence-electron chi connectivity index (χ0n) is 8.53.